The van der Waals surface area contributed by atoms with Crippen LogP contribution in [0.25, 0.3) is 0 Å². The summed E-state index contributed by atoms with van der Waals surface area (Å²) >= 11 is 0. The van der Waals surface area contributed by atoms with Gasteiger partial charge in [-0.15, -0.1) is 0 Å². The third-order valence-electron chi connectivity index (χ3n) is 12.0. The summed E-state index contributed by atoms with van der Waals surface area (Å²) in [6.07, 6.45) is 10.8. The van der Waals surface area contributed by atoms with Crippen LogP contribution in [0, 0.1) is 35.0 Å². The van der Waals surface area contributed by atoms with Crippen molar-refractivity contribution >= 4 is 29.5 Å². The number of likely N-dealkylation sites (tertiary alicyclic amines) is 1. The average molecular weight is 664 g/mol. The molecule has 5 N–H and O–H groups in total. The van der Waals surface area contributed by atoms with Crippen LogP contribution in [0.1, 0.15) is 104 Å². The largest absolute Gasteiger partial charge is 0.363 e. The zero-order valence-corrected chi connectivity index (χ0v) is 29.3. The van der Waals surface area contributed by atoms with Gasteiger partial charge in [-0.1, -0.05) is 96.6 Å². The van der Waals surface area contributed by atoms with Gasteiger partial charge in [-0.25, -0.2) is 4.79 Å². The van der Waals surface area contributed by atoms with E-state index in [0.717, 1.165) is 70.6 Å². The first kappa shape index (κ1) is 35.9. The number of piperidine rings is 1. The Kier molecular flexibility index (Phi) is 11.5. The minimum atomic E-state index is -1.06. The number of urea groups is 1. The zero-order chi connectivity index (χ0) is 34.6. The first-order chi connectivity index (χ1) is 22.9. The van der Waals surface area contributed by atoms with E-state index in [-0.39, 0.29) is 53.0 Å². The monoisotopic (exact) mass is 663 g/mol. The van der Waals surface area contributed by atoms with Crippen molar-refractivity contribution in [1.82, 2.24) is 20.9 Å². The number of ketones is 1. The molecule has 4 fully saturated rings. The van der Waals surface area contributed by atoms with E-state index in [0.29, 0.717) is 13.0 Å². The highest BCUT2D eigenvalue weighted by Crippen LogP contribution is 2.65. The molecular weight excluding hydrogens is 606 g/mol. The second kappa shape index (κ2) is 15.4. The first-order valence-electron chi connectivity index (χ1n) is 18.4. The molecule has 264 valence electrons. The van der Waals surface area contributed by atoms with Crippen LogP contribution in [0.5, 0.6) is 0 Å². The molecule has 6 atom stereocenters. The number of rotatable bonds is 15. The molecule has 10 nitrogen and oxygen atoms in total. The van der Waals surface area contributed by atoms with Gasteiger partial charge in [-0.2, -0.15) is 0 Å². The van der Waals surface area contributed by atoms with Crippen LogP contribution >= 0.6 is 0 Å². The summed E-state index contributed by atoms with van der Waals surface area (Å²) in [5.41, 5.74) is 6.52. The van der Waals surface area contributed by atoms with Gasteiger partial charge in [0.1, 0.15) is 12.1 Å². The Morgan fingerprint density at radius 1 is 0.917 bits per heavy atom. The van der Waals surface area contributed by atoms with Crippen LogP contribution in [0.15, 0.2) is 30.3 Å². The second-order valence-corrected chi connectivity index (χ2v) is 15.9. The van der Waals surface area contributed by atoms with Gasteiger partial charge in [0, 0.05) is 12.6 Å². The van der Waals surface area contributed by atoms with Crippen molar-refractivity contribution < 1.29 is 24.0 Å². The lowest BCUT2D eigenvalue weighted by molar-refractivity contribution is -0.144. The predicted molar refractivity (Wildman–Crippen MR) is 184 cm³/mol. The molecule has 1 aliphatic heterocycles. The molecule has 0 radical (unpaired) electrons. The van der Waals surface area contributed by atoms with Crippen molar-refractivity contribution in [2.45, 2.75) is 129 Å². The Morgan fingerprint density at radius 3 is 2.21 bits per heavy atom. The third-order valence-corrected chi connectivity index (χ3v) is 12.0. The Bertz CT molecular complexity index is 1320. The van der Waals surface area contributed by atoms with Crippen LogP contribution in [-0.2, 0) is 25.6 Å². The Hall–Kier alpha value is -3.43. The first-order valence-corrected chi connectivity index (χ1v) is 18.4. The minimum absolute atomic E-state index is 0.0240. The maximum atomic E-state index is 14.5. The van der Waals surface area contributed by atoms with Gasteiger partial charge in [0.25, 0.3) is 5.91 Å². The van der Waals surface area contributed by atoms with Crippen molar-refractivity contribution in [2.75, 3.05) is 6.54 Å². The summed E-state index contributed by atoms with van der Waals surface area (Å²) in [6, 6.07) is 7.39. The molecule has 10 heteroatoms. The molecule has 1 aromatic carbocycles. The quantitative estimate of drug-likeness (QED) is 0.204. The molecule has 1 saturated heterocycles. The van der Waals surface area contributed by atoms with Gasteiger partial charge in [-0.3, -0.25) is 19.2 Å². The van der Waals surface area contributed by atoms with Crippen LogP contribution < -0.4 is 21.7 Å². The molecule has 1 heterocycles. The number of hydrogen-bond acceptors (Lipinski definition) is 5. The van der Waals surface area contributed by atoms with Crippen molar-refractivity contribution in [2.24, 2.45) is 40.7 Å². The SMILES string of the molecule is CC(C)[C@@H](CCCc1ccccc1)NC(=O)N[C@H](C(=O)N1CC2[C@@H]([C@H]1C(=O)NC(CC1CCC1)C(=O)C(N)=O)C2(C)C)C1CCCCC1. The van der Waals surface area contributed by atoms with E-state index in [9.17, 15) is 24.0 Å². The summed E-state index contributed by atoms with van der Waals surface area (Å²) in [5, 5.41) is 9.14. The van der Waals surface area contributed by atoms with Gasteiger partial charge in [0.2, 0.25) is 17.6 Å². The number of Topliss-reactive ketones (excluding diaryl/α,β-unsaturated/α-hetero) is 1. The topological polar surface area (TPSA) is 151 Å². The molecule has 0 aromatic heterocycles. The van der Waals surface area contributed by atoms with Crippen molar-refractivity contribution in [1.29, 1.82) is 0 Å². The van der Waals surface area contributed by atoms with Gasteiger partial charge >= 0.3 is 6.03 Å². The molecule has 3 saturated carbocycles. The summed E-state index contributed by atoms with van der Waals surface area (Å²) in [6.45, 7) is 8.84. The number of nitrogens with zero attached hydrogens (tertiary/aromatic N) is 1. The number of hydrogen-bond donors (Lipinski definition) is 4. The molecule has 4 aliphatic rings. The number of nitrogens with two attached hydrogens (primary N) is 1. The number of amides is 5. The normalized spacial score (nSPS) is 25.3. The lowest BCUT2D eigenvalue weighted by atomic mass is 9.80. The second-order valence-electron chi connectivity index (χ2n) is 15.9. The summed E-state index contributed by atoms with van der Waals surface area (Å²) < 4.78 is 0. The fourth-order valence-electron chi connectivity index (χ4n) is 8.66. The van der Waals surface area contributed by atoms with E-state index in [2.05, 4.69) is 55.8 Å². The Labute approximate surface area is 286 Å². The molecule has 1 aromatic rings. The number of aryl methyl sites for hydroxylation is 1. The lowest BCUT2D eigenvalue weighted by Gasteiger charge is -2.37. The molecule has 0 spiro atoms. The fourth-order valence-corrected chi connectivity index (χ4v) is 8.66. The van der Waals surface area contributed by atoms with Crippen molar-refractivity contribution in [3.63, 3.8) is 0 Å². The average Bonchev–Trinajstić information content (AvgIpc) is 3.34. The number of carbonyl (C=O) groups excluding carboxylic acids is 5. The van der Waals surface area contributed by atoms with Crippen molar-refractivity contribution in [3.05, 3.63) is 35.9 Å². The Morgan fingerprint density at radius 2 is 1.60 bits per heavy atom. The fraction of sp³-hybridized carbons (Fsp3) is 0.711. The molecule has 3 aliphatic carbocycles. The zero-order valence-electron chi connectivity index (χ0n) is 29.3. The molecule has 0 bridgehead atoms. The van der Waals surface area contributed by atoms with E-state index >= 15 is 0 Å². The molecular formula is C38H57N5O5. The predicted octanol–water partition coefficient (Wildman–Crippen LogP) is 4.49. The van der Waals surface area contributed by atoms with E-state index in [1.165, 1.54) is 5.56 Å². The van der Waals surface area contributed by atoms with Gasteiger partial charge in [0.05, 0.1) is 6.04 Å². The van der Waals surface area contributed by atoms with Gasteiger partial charge < -0.3 is 26.6 Å². The number of primary amides is 1. The summed E-state index contributed by atoms with van der Waals surface area (Å²) in [4.78, 5) is 68.6. The molecule has 5 rings (SSSR count). The highest BCUT2D eigenvalue weighted by molar-refractivity contribution is 6.37. The highest BCUT2D eigenvalue weighted by atomic mass is 16.2. The molecule has 2 unspecified atom stereocenters. The van der Waals surface area contributed by atoms with E-state index < -0.39 is 35.7 Å². The number of benzene rings is 1. The lowest BCUT2D eigenvalue weighted by Crippen LogP contribution is -2.61. The van der Waals surface area contributed by atoms with E-state index in [1.54, 1.807) is 4.90 Å². The number of nitrogens with one attached hydrogen (secondary N) is 3. The van der Waals surface area contributed by atoms with Crippen LogP contribution in [0.3, 0.4) is 0 Å². The van der Waals surface area contributed by atoms with E-state index in [1.807, 2.05) is 18.2 Å². The third kappa shape index (κ3) is 8.23. The van der Waals surface area contributed by atoms with Gasteiger partial charge in [0.15, 0.2) is 0 Å². The van der Waals surface area contributed by atoms with Crippen LogP contribution in [0.4, 0.5) is 4.79 Å². The Balaban J connectivity index is 1.29. The summed E-state index contributed by atoms with van der Waals surface area (Å²) in [5.74, 6) is -1.97. The van der Waals surface area contributed by atoms with E-state index in [4.69, 9.17) is 5.73 Å². The number of fused-ring (bicyclic) bond motifs is 1. The highest BCUT2D eigenvalue weighted by Gasteiger charge is 2.69. The van der Waals surface area contributed by atoms with Crippen LogP contribution in [0.2, 0.25) is 0 Å². The molecule has 5 amide bonds. The van der Waals surface area contributed by atoms with Gasteiger partial charge in [-0.05, 0) is 79.1 Å². The summed E-state index contributed by atoms with van der Waals surface area (Å²) in [7, 11) is 0. The maximum absolute atomic E-state index is 14.5. The smallest absolute Gasteiger partial charge is 0.315 e. The maximum Gasteiger partial charge on any atom is 0.315 e. The minimum Gasteiger partial charge on any atom is -0.363 e. The number of carbonyl (C=O) groups is 5. The standard InChI is InChI=1S/C38H57N5O5/c1-23(2)28(20-12-15-24-13-7-5-8-14-24)41-37(48)42-31(26-18-9-6-10-19-26)36(47)43-22-27-30(38(27,3)4)32(43)35(46)40-29(33(44)34(39)45)21-25-16-11-17-25/h5,7-8,13-14,23,25-32H,6,9-12,15-22H2,1-4H3,(H2,39,45)(H,40,46)(H2,41,42,48)/t27?,28-,29?,30+,31+,32+/m1/s1. The van der Waals surface area contributed by atoms with Crippen LogP contribution in [-0.4, -0.2) is 65.1 Å². The van der Waals surface area contributed by atoms with Crippen molar-refractivity contribution in [3.8, 4) is 0 Å². The molecule has 48 heavy (non-hydrogen) atoms.